The Morgan fingerprint density at radius 2 is 2.25 bits per heavy atom. The maximum Gasteiger partial charge on any atom is 0.273 e. The number of aromatic nitrogens is 1. The summed E-state index contributed by atoms with van der Waals surface area (Å²) in [5.41, 5.74) is 0.613. The Hall–Kier alpha value is -1.99. The van der Waals surface area contributed by atoms with Gasteiger partial charge in [0, 0.05) is 29.7 Å². The van der Waals surface area contributed by atoms with Gasteiger partial charge in [0.15, 0.2) is 0 Å². The molecular weight excluding hydrogens is 329 g/mol. The lowest BCUT2D eigenvalue weighted by Gasteiger charge is -2.31. The number of rotatable bonds is 6. The van der Waals surface area contributed by atoms with Gasteiger partial charge < -0.3 is 10.1 Å². The molecule has 0 radical (unpaired) electrons. The van der Waals surface area contributed by atoms with E-state index in [1.165, 1.54) is 23.5 Å². The number of thiazole rings is 1. The molecule has 3 rings (SSSR count). The fraction of sp³-hybridized carbons (Fsp3) is 0.412. The van der Waals surface area contributed by atoms with E-state index in [0.717, 1.165) is 25.9 Å². The van der Waals surface area contributed by atoms with E-state index in [4.69, 9.17) is 4.74 Å². The number of anilines is 1. The van der Waals surface area contributed by atoms with Gasteiger partial charge in [-0.1, -0.05) is 11.3 Å². The maximum atomic E-state index is 12.9. The molecular formula is C17H20FN3O2S. The van der Waals surface area contributed by atoms with Crippen LogP contribution in [0.1, 0.15) is 12.8 Å². The summed E-state index contributed by atoms with van der Waals surface area (Å²) in [7, 11) is 0. The Balaban J connectivity index is 1.44. The molecule has 1 aromatic heterocycles. The van der Waals surface area contributed by atoms with Crippen LogP contribution in [0.5, 0.6) is 5.19 Å². The number of hydrogen-bond donors (Lipinski definition) is 1. The Labute approximate surface area is 144 Å². The zero-order valence-corrected chi connectivity index (χ0v) is 14.1. The van der Waals surface area contributed by atoms with Gasteiger partial charge in [-0.2, -0.15) is 0 Å². The number of halogens is 1. The van der Waals surface area contributed by atoms with Crippen LogP contribution in [-0.4, -0.2) is 42.0 Å². The SMILES string of the molecule is O=C(CN1CCCC(COc2nccs2)C1)Nc1ccc(F)cc1. The molecule has 2 aromatic rings. The monoisotopic (exact) mass is 349 g/mol. The highest BCUT2D eigenvalue weighted by molar-refractivity contribution is 7.11. The summed E-state index contributed by atoms with van der Waals surface area (Å²) in [6.45, 7) is 2.71. The minimum Gasteiger partial charge on any atom is -0.470 e. The third-order valence-electron chi connectivity index (χ3n) is 3.95. The van der Waals surface area contributed by atoms with Gasteiger partial charge in [-0.05, 0) is 43.7 Å². The number of hydrogen-bond acceptors (Lipinski definition) is 5. The lowest BCUT2D eigenvalue weighted by molar-refractivity contribution is -0.117. The van der Waals surface area contributed by atoms with Crippen molar-refractivity contribution >= 4 is 22.9 Å². The van der Waals surface area contributed by atoms with Gasteiger partial charge in [0.05, 0.1) is 13.2 Å². The molecule has 2 heterocycles. The van der Waals surface area contributed by atoms with Crippen molar-refractivity contribution in [3.63, 3.8) is 0 Å². The van der Waals surface area contributed by atoms with Gasteiger partial charge in [0.25, 0.3) is 5.19 Å². The minimum absolute atomic E-state index is 0.0805. The van der Waals surface area contributed by atoms with Crippen molar-refractivity contribution in [2.45, 2.75) is 12.8 Å². The summed E-state index contributed by atoms with van der Waals surface area (Å²) in [4.78, 5) is 18.4. The molecule has 0 bridgehead atoms. The van der Waals surface area contributed by atoms with E-state index in [2.05, 4.69) is 15.2 Å². The predicted molar refractivity (Wildman–Crippen MR) is 91.8 cm³/mol. The molecule has 7 heteroatoms. The molecule has 1 atom stereocenters. The Morgan fingerprint density at radius 1 is 1.42 bits per heavy atom. The number of nitrogens with zero attached hydrogens (tertiary/aromatic N) is 2. The lowest BCUT2D eigenvalue weighted by atomic mass is 9.99. The largest absolute Gasteiger partial charge is 0.470 e. The molecule has 1 aromatic carbocycles. The molecule has 1 saturated heterocycles. The standard InChI is InChI=1S/C17H20FN3O2S/c18-14-3-5-15(6-4-14)20-16(22)11-21-8-1-2-13(10-21)12-23-17-19-7-9-24-17/h3-7,9,13H,1-2,8,10-12H2,(H,20,22). The fourth-order valence-electron chi connectivity index (χ4n) is 2.84. The summed E-state index contributed by atoms with van der Waals surface area (Å²) in [6, 6.07) is 5.80. The van der Waals surface area contributed by atoms with Crippen LogP contribution in [0.15, 0.2) is 35.8 Å². The van der Waals surface area contributed by atoms with Crippen LogP contribution in [0.3, 0.4) is 0 Å². The second-order valence-corrected chi connectivity index (χ2v) is 6.76. The molecule has 0 spiro atoms. The normalized spacial score (nSPS) is 18.3. The zero-order chi connectivity index (χ0) is 16.8. The van der Waals surface area contributed by atoms with Gasteiger partial charge in [0.2, 0.25) is 5.91 Å². The van der Waals surface area contributed by atoms with Crippen LogP contribution < -0.4 is 10.1 Å². The van der Waals surface area contributed by atoms with Crippen molar-refractivity contribution in [1.29, 1.82) is 0 Å². The van der Waals surface area contributed by atoms with Crippen molar-refractivity contribution in [2.75, 3.05) is 31.6 Å². The van der Waals surface area contributed by atoms with Gasteiger partial charge in [0.1, 0.15) is 5.82 Å². The quantitative estimate of drug-likeness (QED) is 0.871. The van der Waals surface area contributed by atoms with Gasteiger partial charge >= 0.3 is 0 Å². The fourth-order valence-corrected chi connectivity index (χ4v) is 3.33. The number of carbonyl (C=O) groups is 1. The van der Waals surface area contributed by atoms with E-state index in [-0.39, 0.29) is 11.7 Å². The molecule has 1 aliphatic rings. The van der Waals surface area contributed by atoms with Crippen LogP contribution in [0, 0.1) is 11.7 Å². The van der Waals surface area contributed by atoms with Crippen LogP contribution in [0.4, 0.5) is 10.1 Å². The van der Waals surface area contributed by atoms with Crippen molar-refractivity contribution in [3.05, 3.63) is 41.7 Å². The van der Waals surface area contributed by atoms with Crippen LogP contribution >= 0.6 is 11.3 Å². The number of amides is 1. The number of carbonyl (C=O) groups excluding carboxylic acids is 1. The Bertz CT molecular complexity index is 648. The highest BCUT2D eigenvalue weighted by Gasteiger charge is 2.22. The lowest BCUT2D eigenvalue weighted by Crippen LogP contribution is -2.42. The molecule has 128 valence electrons. The second kappa shape index (κ2) is 8.21. The summed E-state index contributed by atoms with van der Waals surface area (Å²) in [6.07, 6.45) is 3.88. The first-order valence-corrected chi connectivity index (χ1v) is 8.87. The summed E-state index contributed by atoms with van der Waals surface area (Å²) < 4.78 is 18.6. The summed E-state index contributed by atoms with van der Waals surface area (Å²) in [5.74, 6) is 0.0106. The Morgan fingerprint density at radius 3 is 3.00 bits per heavy atom. The summed E-state index contributed by atoms with van der Waals surface area (Å²) >= 11 is 1.49. The van der Waals surface area contributed by atoms with Crippen molar-refractivity contribution in [2.24, 2.45) is 5.92 Å². The van der Waals surface area contributed by atoms with Crippen molar-refractivity contribution in [1.82, 2.24) is 9.88 Å². The predicted octanol–water partition coefficient (Wildman–Crippen LogP) is 3.01. The van der Waals surface area contributed by atoms with Gasteiger partial charge in [-0.15, -0.1) is 0 Å². The molecule has 0 saturated carbocycles. The molecule has 1 amide bonds. The van der Waals surface area contributed by atoms with E-state index >= 15 is 0 Å². The Kier molecular flexibility index (Phi) is 5.77. The molecule has 1 aliphatic heterocycles. The van der Waals surface area contributed by atoms with E-state index in [0.29, 0.717) is 30.0 Å². The number of ether oxygens (including phenoxy) is 1. The first-order valence-electron chi connectivity index (χ1n) is 7.99. The topological polar surface area (TPSA) is 54.5 Å². The van der Waals surface area contributed by atoms with Crippen LogP contribution in [-0.2, 0) is 4.79 Å². The van der Waals surface area contributed by atoms with E-state index in [9.17, 15) is 9.18 Å². The number of nitrogens with one attached hydrogen (secondary N) is 1. The second-order valence-electron chi connectivity index (χ2n) is 5.91. The van der Waals surface area contributed by atoms with Crippen LogP contribution in [0.25, 0.3) is 0 Å². The molecule has 1 unspecified atom stereocenters. The summed E-state index contributed by atoms with van der Waals surface area (Å²) in [5, 5.41) is 5.39. The molecule has 1 N–H and O–H groups in total. The third-order valence-corrected chi connectivity index (χ3v) is 4.63. The van der Waals surface area contributed by atoms with E-state index in [1.807, 2.05) is 5.38 Å². The van der Waals surface area contributed by atoms with E-state index < -0.39 is 0 Å². The maximum absolute atomic E-state index is 12.9. The molecule has 24 heavy (non-hydrogen) atoms. The minimum atomic E-state index is -0.313. The number of benzene rings is 1. The van der Waals surface area contributed by atoms with Crippen molar-refractivity contribution in [3.8, 4) is 5.19 Å². The van der Waals surface area contributed by atoms with Crippen LogP contribution in [0.2, 0.25) is 0 Å². The molecule has 5 nitrogen and oxygen atoms in total. The highest BCUT2D eigenvalue weighted by atomic mass is 32.1. The smallest absolute Gasteiger partial charge is 0.273 e. The average molecular weight is 349 g/mol. The number of likely N-dealkylation sites (tertiary alicyclic amines) is 1. The average Bonchev–Trinajstić information content (AvgIpc) is 3.09. The zero-order valence-electron chi connectivity index (χ0n) is 13.3. The molecule has 1 fully saturated rings. The van der Waals surface area contributed by atoms with E-state index in [1.54, 1.807) is 18.3 Å². The highest BCUT2D eigenvalue weighted by Crippen LogP contribution is 2.20. The first-order chi connectivity index (χ1) is 11.7. The number of piperidine rings is 1. The van der Waals surface area contributed by atoms with Crippen molar-refractivity contribution < 1.29 is 13.9 Å². The third kappa shape index (κ3) is 5.01. The van der Waals surface area contributed by atoms with Gasteiger partial charge in [-0.25, -0.2) is 9.37 Å². The molecule has 0 aliphatic carbocycles. The first kappa shape index (κ1) is 16.9. The van der Waals surface area contributed by atoms with Gasteiger partial charge in [-0.3, -0.25) is 9.69 Å².